The molecule has 0 unspecified atom stereocenters. The molecule has 0 spiro atoms. The van der Waals surface area contributed by atoms with E-state index in [0.29, 0.717) is 10.0 Å². The Labute approximate surface area is 84.1 Å². The Bertz CT molecular complexity index is 352. The number of rotatable bonds is 0. The summed E-state index contributed by atoms with van der Waals surface area (Å²) >= 11 is 13.1. The van der Waals surface area contributed by atoms with Crippen LogP contribution < -0.4 is 4.72 Å². The maximum Gasteiger partial charge on any atom is 0.0988 e. The van der Waals surface area contributed by atoms with Gasteiger partial charge in [-0.3, -0.25) is 0 Å². The van der Waals surface area contributed by atoms with Crippen LogP contribution in [0.15, 0.2) is 22.0 Å². The SMILES string of the molecule is Clc1cc2c(cc1Cl)SNC=N2. The molecular weight excluding hydrogens is 215 g/mol. The molecule has 0 radical (unpaired) electrons. The summed E-state index contributed by atoms with van der Waals surface area (Å²) in [5.74, 6) is 0. The van der Waals surface area contributed by atoms with Gasteiger partial charge in [-0.05, 0) is 24.1 Å². The minimum atomic E-state index is 0.537. The van der Waals surface area contributed by atoms with E-state index in [4.69, 9.17) is 23.2 Å². The smallest absolute Gasteiger partial charge is 0.0988 e. The molecule has 1 aliphatic rings. The lowest BCUT2D eigenvalue weighted by Crippen LogP contribution is -2.02. The van der Waals surface area contributed by atoms with Crippen molar-refractivity contribution in [2.75, 3.05) is 0 Å². The molecule has 0 aromatic heterocycles. The first-order valence-electron chi connectivity index (χ1n) is 3.21. The van der Waals surface area contributed by atoms with Gasteiger partial charge in [0.05, 0.1) is 27.0 Å². The van der Waals surface area contributed by atoms with Crippen molar-refractivity contribution in [3.8, 4) is 0 Å². The van der Waals surface area contributed by atoms with E-state index in [-0.39, 0.29) is 0 Å². The Morgan fingerprint density at radius 2 is 2.00 bits per heavy atom. The van der Waals surface area contributed by atoms with Gasteiger partial charge in [-0.15, -0.1) is 0 Å². The summed E-state index contributed by atoms with van der Waals surface area (Å²) in [5.41, 5.74) is 0.855. The Kier molecular flexibility index (Phi) is 2.17. The fourth-order valence-electron chi connectivity index (χ4n) is 0.886. The molecule has 0 amide bonds. The van der Waals surface area contributed by atoms with Crippen molar-refractivity contribution < 1.29 is 0 Å². The van der Waals surface area contributed by atoms with Gasteiger partial charge in [0.2, 0.25) is 0 Å². The number of fused-ring (bicyclic) bond motifs is 1. The van der Waals surface area contributed by atoms with Crippen molar-refractivity contribution in [3.05, 3.63) is 22.2 Å². The molecule has 1 aliphatic heterocycles. The van der Waals surface area contributed by atoms with Crippen LogP contribution >= 0.6 is 35.1 Å². The van der Waals surface area contributed by atoms with E-state index in [0.717, 1.165) is 10.6 Å². The highest BCUT2D eigenvalue weighted by atomic mass is 35.5. The fraction of sp³-hybridized carbons (Fsp3) is 0. The van der Waals surface area contributed by atoms with Crippen molar-refractivity contribution >= 4 is 47.2 Å². The molecule has 2 nitrogen and oxygen atoms in total. The van der Waals surface area contributed by atoms with Crippen LogP contribution in [0.25, 0.3) is 0 Å². The second kappa shape index (κ2) is 3.17. The van der Waals surface area contributed by atoms with Crippen molar-refractivity contribution in [2.24, 2.45) is 4.99 Å². The van der Waals surface area contributed by atoms with Gasteiger partial charge in [-0.1, -0.05) is 23.2 Å². The molecule has 1 aromatic carbocycles. The van der Waals surface area contributed by atoms with E-state index in [1.54, 1.807) is 18.5 Å². The van der Waals surface area contributed by atoms with Crippen LogP contribution in [0, 0.1) is 0 Å². The second-order valence-electron chi connectivity index (χ2n) is 2.21. The van der Waals surface area contributed by atoms with Crippen LogP contribution in [0.4, 0.5) is 5.69 Å². The van der Waals surface area contributed by atoms with E-state index in [9.17, 15) is 0 Å². The third-order valence-corrected chi connectivity index (χ3v) is 2.92. The standard InChI is InChI=1S/C7H4Cl2N2S/c8-4-1-6-7(2-5(4)9)12-11-3-10-6/h1-3H,(H,10,11). The van der Waals surface area contributed by atoms with Crippen molar-refractivity contribution in [3.63, 3.8) is 0 Å². The summed E-state index contributed by atoms with van der Waals surface area (Å²) in [4.78, 5) is 5.09. The van der Waals surface area contributed by atoms with Crippen LogP contribution in [0.5, 0.6) is 0 Å². The summed E-state index contributed by atoms with van der Waals surface area (Å²) in [6, 6.07) is 3.55. The van der Waals surface area contributed by atoms with E-state index in [1.165, 1.54) is 11.9 Å². The number of nitrogens with zero attached hydrogens (tertiary/aromatic N) is 1. The first-order chi connectivity index (χ1) is 5.77. The zero-order valence-corrected chi connectivity index (χ0v) is 8.17. The molecule has 0 aliphatic carbocycles. The third-order valence-electron chi connectivity index (χ3n) is 1.43. The Morgan fingerprint density at radius 3 is 2.83 bits per heavy atom. The lowest BCUT2D eigenvalue weighted by Gasteiger charge is -2.10. The molecule has 12 heavy (non-hydrogen) atoms. The predicted molar refractivity (Wildman–Crippen MR) is 53.6 cm³/mol. The lowest BCUT2D eigenvalue weighted by molar-refractivity contribution is 1.32. The maximum absolute atomic E-state index is 5.82. The lowest BCUT2D eigenvalue weighted by atomic mass is 10.3. The van der Waals surface area contributed by atoms with Gasteiger partial charge >= 0.3 is 0 Å². The van der Waals surface area contributed by atoms with Crippen molar-refractivity contribution in [1.29, 1.82) is 0 Å². The molecule has 0 atom stereocenters. The van der Waals surface area contributed by atoms with Gasteiger partial charge in [0, 0.05) is 0 Å². The number of halogens is 2. The summed E-state index contributed by atoms with van der Waals surface area (Å²) in [6.45, 7) is 0. The first kappa shape index (κ1) is 8.23. The number of benzene rings is 1. The van der Waals surface area contributed by atoms with Gasteiger partial charge in [-0.2, -0.15) is 0 Å². The number of hydrogen-bond acceptors (Lipinski definition) is 3. The van der Waals surface area contributed by atoms with E-state index >= 15 is 0 Å². The monoisotopic (exact) mass is 218 g/mol. The average molecular weight is 219 g/mol. The number of aliphatic imine (C=N–C) groups is 1. The molecule has 0 fully saturated rings. The van der Waals surface area contributed by atoms with Crippen LogP contribution in [0.2, 0.25) is 10.0 Å². The quantitative estimate of drug-likeness (QED) is 0.677. The Balaban J connectivity index is 2.58. The summed E-state index contributed by atoms with van der Waals surface area (Å²) < 4.78 is 2.91. The molecule has 1 aromatic rings. The predicted octanol–water partition coefficient (Wildman–Crippen LogP) is 3.26. The Morgan fingerprint density at radius 1 is 1.25 bits per heavy atom. The highest BCUT2D eigenvalue weighted by Crippen LogP contribution is 2.36. The topological polar surface area (TPSA) is 24.4 Å². The highest BCUT2D eigenvalue weighted by Gasteiger charge is 2.09. The van der Waals surface area contributed by atoms with Gasteiger partial charge in [0.25, 0.3) is 0 Å². The number of nitrogens with one attached hydrogen (secondary N) is 1. The van der Waals surface area contributed by atoms with Gasteiger partial charge in [0.15, 0.2) is 0 Å². The van der Waals surface area contributed by atoms with Gasteiger partial charge < -0.3 is 4.72 Å². The number of hydrogen-bond donors (Lipinski definition) is 1. The van der Waals surface area contributed by atoms with Crippen LogP contribution in [-0.2, 0) is 0 Å². The molecule has 0 saturated carbocycles. The molecule has 0 saturated heterocycles. The average Bonchev–Trinajstić information content (AvgIpc) is 2.07. The van der Waals surface area contributed by atoms with Crippen LogP contribution in [-0.4, -0.2) is 6.34 Å². The molecule has 2 rings (SSSR count). The highest BCUT2D eigenvalue weighted by molar-refractivity contribution is 7.98. The maximum atomic E-state index is 5.82. The Hall–Kier alpha value is -0.380. The minimum Gasteiger partial charge on any atom is -0.316 e. The zero-order chi connectivity index (χ0) is 8.55. The van der Waals surface area contributed by atoms with Crippen LogP contribution in [0.3, 0.4) is 0 Å². The van der Waals surface area contributed by atoms with Crippen molar-refractivity contribution in [1.82, 2.24) is 4.72 Å². The normalized spacial score (nSPS) is 13.8. The molecule has 0 bridgehead atoms. The van der Waals surface area contributed by atoms with Crippen LogP contribution in [0.1, 0.15) is 0 Å². The third kappa shape index (κ3) is 1.40. The van der Waals surface area contributed by atoms with E-state index in [2.05, 4.69) is 9.71 Å². The van der Waals surface area contributed by atoms with E-state index in [1.807, 2.05) is 0 Å². The van der Waals surface area contributed by atoms with E-state index < -0.39 is 0 Å². The summed E-state index contributed by atoms with van der Waals surface area (Å²) in [7, 11) is 0. The second-order valence-corrected chi connectivity index (χ2v) is 3.91. The molecule has 5 heteroatoms. The molecule has 62 valence electrons. The van der Waals surface area contributed by atoms with Gasteiger partial charge in [0.1, 0.15) is 0 Å². The molecule has 1 N–H and O–H groups in total. The zero-order valence-electron chi connectivity index (χ0n) is 5.84. The summed E-state index contributed by atoms with van der Waals surface area (Å²) in [6.07, 6.45) is 1.62. The minimum absolute atomic E-state index is 0.537. The molecular formula is C7H4Cl2N2S. The first-order valence-corrected chi connectivity index (χ1v) is 4.78. The van der Waals surface area contributed by atoms with Crippen molar-refractivity contribution in [2.45, 2.75) is 4.90 Å². The van der Waals surface area contributed by atoms with Gasteiger partial charge in [-0.25, -0.2) is 4.99 Å². The fourth-order valence-corrected chi connectivity index (χ4v) is 1.90. The largest absolute Gasteiger partial charge is 0.316 e. The summed E-state index contributed by atoms with van der Waals surface area (Å²) in [5, 5.41) is 1.09. The molecule has 1 heterocycles.